The third kappa shape index (κ3) is 5.22. The lowest BCUT2D eigenvalue weighted by atomic mass is 9.79. The van der Waals surface area contributed by atoms with Crippen LogP contribution >= 0.6 is 11.8 Å². The normalized spacial score (nSPS) is 12.8. The van der Waals surface area contributed by atoms with Crippen LogP contribution in [0.5, 0.6) is 0 Å². The highest BCUT2D eigenvalue weighted by molar-refractivity contribution is 7.98. The fourth-order valence-electron chi connectivity index (χ4n) is 2.12. The van der Waals surface area contributed by atoms with E-state index in [0.29, 0.717) is 0 Å². The van der Waals surface area contributed by atoms with E-state index in [-0.39, 0.29) is 10.8 Å². The second-order valence-electron chi connectivity index (χ2n) is 7.51. The van der Waals surface area contributed by atoms with Crippen LogP contribution in [0.25, 0.3) is 0 Å². The van der Waals surface area contributed by atoms with Gasteiger partial charge in [0.2, 0.25) is 0 Å². The lowest BCUT2D eigenvalue weighted by Crippen LogP contribution is -2.17. The van der Waals surface area contributed by atoms with E-state index < -0.39 is 0 Å². The Balaban J connectivity index is 3.10. The van der Waals surface area contributed by atoms with Crippen molar-refractivity contribution in [3.05, 3.63) is 34.9 Å². The first-order valence-electron chi connectivity index (χ1n) is 7.28. The van der Waals surface area contributed by atoms with Crippen LogP contribution in [0.1, 0.15) is 64.7 Å². The average Bonchev–Trinajstić information content (AvgIpc) is 2.27. The summed E-state index contributed by atoms with van der Waals surface area (Å²) < 4.78 is 0. The van der Waals surface area contributed by atoms with E-state index in [4.69, 9.17) is 0 Å². The number of hydrogen-bond acceptors (Lipinski definition) is 1. The maximum absolute atomic E-state index is 2.41. The van der Waals surface area contributed by atoms with Gasteiger partial charge in [-0.05, 0) is 52.4 Å². The van der Waals surface area contributed by atoms with Crippen molar-refractivity contribution in [1.82, 2.24) is 0 Å². The first-order chi connectivity index (χ1) is 8.64. The van der Waals surface area contributed by atoms with Crippen molar-refractivity contribution < 1.29 is 0 Å². The van der Waals surface area contributed by atoms with E-state index in [2.05, 4.69) is 66.0 Å². The molecule has 19 heavy (non-hydrogen) atoms. The predicted octanol–water partition coefficient (Wildman–Crippen LogP) is 5.58. The quantitative estimate of drug-likeness (QED) is 0.648. The molecule has 0 saturated heterocycles. The number of rotatable bonds is 4. The maximum Gasteiger partial charge on any atom is -0.00671 e. The molecule has 0 spiro atoms. The van der Waals surface area contributed by atoms with Crippen LogP contribution in [0.3, 0.4) is 0 Å². The average molecular weight is 279 g/mol. The van der Waals surface area contributed by atoms with Crippen molar-refractivity contribution in [3.63, 3.8) is 0 Å². The smallest absolute Gasteiger partial charge is 0.00671 e. The molecule has 0 radical (unpaired) electrons. The molecule has 0 N–H and O–H groups in total. The zero-order valence-corrected chi connectivity index (χ0v) is 14.6. The molecule has 108 valence electrons. The second kappa shape index (κ2) is 6.35. The third-order valence-electron chi connectivity index (χ3n) is 3.54. The molecule has 0 aromatic heterocycles. The summed E-state index contributed by atoms with van der Waals surface area (Å²) in [5.41, 5.74) is 4.91. The summed E-state index contributed by atoms with van der Waals surface area (Å²) in [4.78, 5) is 0. The van der Waals surface area contributed by atoms with Crippen molar-refractivity contribution in [2.75, 3.05) is 12.0 Å². The monoisotopic (exact) mass is 278 g/mol. The Morgan fingerprint density at radius 2 is 1.32 bits per heavy atom. The van der Waals surface area contributed by atoms with Crippen LogP contribution in [0.4, 0.5) is 0 Å². The van der Waals surface area contributed by atoms with Crippen LogP contribution in [-0.2, 0) is 17.3 Å². The topological polar surface area (TPSA) is 0 Å². The van der Waals surface area contributed by atoms with Crippen LogP contribution in [0.2, 0.25) is 0 Å². The molecule has 0 amide bonds. The summed E-state index contributed by atoms with van der Waals surface area (Å²) >= 11 is 1.94. The van der Waals surface area contributed by atoms with Gasteiger partial charge in [-0.25, -0.2) is 0 Å². The fraction of sp³-hybridized carbons (Fsp3) is 0.667. The van der Waals surface area contributed by atoms with Crippen LogP contribution in [0, 0.1) is 0 Å². The molecule has 0 aliphatic rings. The van der Waals surface area contributed by atoms with E-state index in [9.17, 15) is 0 Å². The highest BCUT2D eigenvalue weighted by atomic mass is 32.2. The molecule has 0 aliphatic heterocycles. The Morgan fingerprint density at radius 1 is 0.842 bits per heavy atom. The van der Waals surface area contributed by atoms with E-state index in [1.54, 1.807) is 0 Å². The van der Waals surface area contributed by atoms with Crippen molar-refractivity contribution in [3.8, 4) is 0 Å². The van der Waals surface area contributed by atoms with Gasteiger partial charge in [0, 0.05) is 0 Å². The molecule has 0 unspecified atom stereocenters. The first kappa shape index (κ1) is 16.6. The van der Waals surface area contributed by atoms with Gasteiger partial charge in [0.05, 0.1) is 0 Å². The highest BCUT2D eigenvalue weighted by Gasteiger charge is 2.20. The molecule has 1 rings (SSSR count). The minimum atomic E-state index is 0.232. The van der Waals surface area contributed by atoms with E-state index >= 15 is 0 Å². The minimum absolute atomic E-state index is 0.232. The fourth-order valence-corrected chi connectivity index (χ4v) is 2.56. The summed E-state index contributed by atoms with van der Waals surface area (Å²) in [5, 5.41) is 0. The second-order valence-corrected chi connectivity index (χ2v) is 8.50. The SMILES string of the molecule is CSCCCc1cc(C(C)(C)C)cc(C(C)(C)C)c1. The van der Waals surface area contributed by atoms with Gasteiger partial charge in [0.15, 0.2) is 0 Å². The van der Waals surface area contributed by atoms with E-state index in [1.165, 1.54) is 35.3 Å². The van der Waals surface area contributed by atoms with Gasteiger partial charge in [-0.15, -0.1) is 0 Å². The standard InChI is InChI=1S/C18H30S/c1-17(2,3)15-11-14(9-8-10-19-7)12-16(13-15)18(4,5)6/h11-13H,8-10H2,1-7H3. The van der Waals surface area contributed by atoms with Crippen molar-refractivity contribution >= 4 is 11.8 Å². The van der Waals surface area contributed by atoms with Gasteiger partial charge >= 0.3 is 0 Å². The first-order valence-corrected chi connectivity index (χ1v) is 8.68. The van der Waals surface area contributed by atoms with Gasteiger partial charge < -0.3 is 0 Å². The zero-order chi connectivity index (χ0) is 14.7. The van der Waals surface area contributed by atoms with Crippen molar-refractivity contribution in [1.29, 1.82) is 0 Å². The Kier molecular flexibility index (Phi) is 5.55. The zero-order valence-electron chi connectivity index (χ0n) is 13.8. The van der Waals surface area contributed by atoms with Crippen LogP contribution < -0.4 is 0 Å². The van der Waals surface area contributed by atoms with Crippen LogP contribution in [-0.4, -0.2) is 12.0 Å². The van der Waals surface area contributed by atoms with Gasteiger partial charge in [-0.1, -0.05) is 59.7 Å². The number of thioether (sulfide) groups is 1. The molecule has 1 aromatic rings. The number of benzene rings is 1. The van der Waals surface area contributed by atoms with Gasteiger partial charge in [0.25, 0.3) is 0 Å². The maximum atomic E-state index is 2.41. The summed E-state index contributed by atoms with van der Waals surface area (Å²) in [6.07, 6.45) is 4.67. The lowest BCUT2D eigenvalue weighted by Gasteiger charge is -2.26. The van der Waals surface area contributed by atoms with Gasteiger partial charge in [0.1, 0.15) is 0 Å². The molecular formula is C18H30S. The summed E-state index contributed by atoms with van der Waals surface area (Å²) in [6, 6.07) is 7.23. The summed E-state index contributed by atoms with van der Waals surface area (Å²) in [7, 11) is 0. The molecule has 0 atom stereocenters. The Bertz CT molecular complexity index is 372. The Morgan fingerprint density at radius 3 is 1.68 bits per heavy atom. The molecule has 0 nitrogen and oxygen atoms in total. The van der Waals surface area contributed by atoms with Gasteiger partial charge in [-0.2, -0.15) is 11.8 Å². The predicted molar refractivity (Wildman–Crippen MR) is 90.5 cm³/mol. The van der Waals surface area contributed by atoms with E-state index in [0.717, 1.165) is 0 Å². The highest BCUT2D eigenvalue weighted by Crippen LogP contribution is 2.30. The largest absolute Gasteiger partial charge is 0.165 e. The summed E-state index contributed by atoms with van der Waals surface area (Å²) in [5.74, 6) is 1.25. The van der Waals surface area contributed by atoms with Crippen molar-refractivity contribution in [2.45, 2.75) is 65.2 Å². The molecule has 0 heterocycles. The van der Waals surface area contributed by atoms with Crippen LogP contribution in [0.15, 0.2) is 18.2 Å². The Hall–Kier alpha value is -0.430. The number of hydrogen-bond donors (Lipinski definition) is 0. The van der Waals surface area contributed by atoms with Crippen molar-refractivity contribution in [2.24, 2.45) is 0 Å². The molecule has 0 fully saturated rings. The molecule has 0 saturated carbocycles. The lowest BCUT2D eigenvalue weighted by molar-refractivity contribution is 0.566. The number of aryl methyl sites for hydroxylation is 1. The molecule has 1 aromatic carbocycles. The molecule has 0 bridgehead atoms. The molecular weight excluding hydrogens is 248 g/mol. The Labute approximate surface area is 124 Å². The molecule has 0 aliphatic carbocycles. The summed E-state index contributed by atoms with van der Waals surface area (Å²) in [6.45, 7) is 13.8. The molecule has 1 heteroatoms. The van der Waals surface area contributed by atoms with Gasteiger partial charge in [-0.3, -0.25) is 0 Å². The third-order valence-corrected chi connectivity index (χ3v) is 4.24. The van der Waals surface area contributed by atoms with E-state index in [1.807, 2.05) is 11.8 Å². The minimum Gasteiger partial charge on any atom is -0.165 e.